The zero-order valence-corrected chi connectivity index (χ0v) is 14.0. The van der Waals surface area contributed by atoms with Crippen LogP contribution >= 0.6 is 0 Å². The number of hydrogen-bond acceptors (Lipinski definition) is 4. The van der Waals surface area contributed by atoms with E-state index < -0.39 is 0 Å². The molecular weight excluding hydrogens is 304 g/mol. The van der Waals surface area contributed by atoms with Crippen LogP contribution in [0.25, 0.3) is 0 Å². The lowest BCUT2D eigenvalue weighted by molar-refractivity contribution is -0.384. The minimum absolute atomic E-state index is 0.00441. The number of hydrogen-bond donors (Lipinski definition) is 1. The number of anilines is 1. The first-order valence-corrected chi connectivity index (χ1v) is 8.10. The van der Waals surface area contributed by atoms with Gasteiger partial charge in [0.2, 0.25) is 0 Å². The number of nitro benzene ring substituents is 1. The Morgan fingerprint density at radius 3 is 2.58 bits per heavy atom. The zero-order chi connectivity index (χ0) is 17.3. The highest BCUT2D eigenvalue weighted by Crippen LogP contribution is 2.45. The van der Waals surface area contributed by atoms with Crippen LogP contribution in [0, 0.1) is 15.5 Å². The molecule has 1 N–H and O–H groups in total. The second-order valence-electron chi connectivity index (χ2n) is 7.07. The normalized spacial score (nSPS) is 19.5. The van der Waals surface area contributed by atoms with Gasteiger partial charge in [0, 0.05) is 25.1 Å². The predicted molar refractivity (Wildman–Crippen MR) is 94.2 cm³/mol. The van der Waals surface area contributed by atoms with E-state index in [0.717, 1.165) is 13.1 Å². The molecule has 1 fully saturated rings. The molecule has 0 bridgehead atoms. The van der Waals surface area contributed by atoms with Crippen LogP contribution in [-0.4, -0.2) is 23.1 Å². The molecular formula is C19H22N2O3. The Kier molecular flexibility index (Phi) is 4.28. The van der Waals surface area contributed by atoms with Crippen molar-refractivity contribution in [1.29, 1.82) is 0 Å². The van der Waals surface area contributed by atoms with Crippen molar-refractivity contribution in [1.82, 2.24) is 0 Å². The van der Waals surface area contributed by atoms with E-state index >= 15 is 0 Å². The summed E-state index contributed by atoms with van der Waals surface area (Å²) in [6, 6.07) is 15.1. The van der Waals surface area contributed by atoms with Gasteiger partial charge in [0.15, 0.2) is 0 Å². The Bertz CT molecular complexity index is 744. The molecule has 0 aromatic heterocycles. The van der Waals surface area contributed by atoms with Crippen LogP contribution in [0.4, 0.5) is 11.4 Å². The number of nitro groups is 1. The lowest BCUT2D eigenvalue weighted by Gasteiger charge is -2.25. The molecule has 0 radical (unpaired) electrons. The third-order valence-corrected chi connectivity index (χ3v) is 4.91. The van der Waals surface area contributed by atoms with Gasteiger partial charge < -0.3 is 10.0 Å². The van der Waals surface area contributed by atoms with Gasteiger partial charge in [0.25, 0.3) is 5.69 Å². The first kappa shape index (κ1) is 16.5. The molecule has 1 atom stereocenters. The SMILES string of the molecule is CC1(C)CN(c2cc(CO)ccc2[N+](=O)[O-])CC1c1ccccc1. The number of nitrogens with zero attached hydrogens (tertiary/aromatic N) is 2. The molecule has 24 heavy (non-hydrogen) atoms. The molecule has 1 unspecified atom stereocenters. The Morgan fingerprint density at radius 2 is 1.96 bits per heavy atom. The summed E-state index contributed by atoms with van der Waals surface area (Å²) in [6.45, 7) is 5.75. The number of rotatable bonds is 4. The zero-order valence-electron chi connectivity index (χ0n) is 14.0. The largest absolute Gasteiger partial charge is 0.392 e. The molecule has 5 nitrogen and oxygen atoms in total. The summed E-state index contributed by atoms with van der Waals surface area (Å²) >= 11 is 0. The van der Waals surface area contributed by atoms with Crippen molar-refractivity contribution in [3.05, 3.63) is 69.8 Å². The third kappa shape index (κ3) is 2.99. The van der Waals surface area contributed by atoms with Crippen LogP contribution in [0.5, 0.6) is 0 Å². The van der Waals surface area contributed by atoms with E-state index in [1.807, 2.05) is 18.2 Å². The summed E-state index contributed by atoms with van der Waals surface area (Å²) in [6.07, 6.45) is 0. The summed E-state index contributed by atoms with van der Waals surface area (Å²) in [5, 5.41) is 20.8. The van der Waals surface area contributed by atoms with E-state index in [2.05, 4.69) is 30.9 Å². The van der Waals surface area contributed by atoms with Crippen molar-refractivity contribution in [2.45, 2.75) is 26.4 Å². The molecule has 1 saturated heterocycles. The second kappa shape index (κ2) is 6.24. The molecule has 5 heteroatoms. The second-order valence-corrected chi connectivity index (χ2v) is 7.07. The highest BCUT2D eigenvalue weighted by molar-refractivity contribution is 5.65. The van der Waals surface area contributed by atoms with Gasteiger partial charge in [-0.3, -0.25) is 10.1 Å². The Labute approximate surface area is 141 Å². The van der Waals surface area contributed by atoms with Gasteiger partial charge in [-0.2, -0.15) is 0 Å². The van der Waals surface area contributed by atoms with Gasteiger partial charge in [-0.1, -0.05) is 44.2 Å². The Morgan fingerprint density at radius 1 is 1.25 bits per heavy atom. The van der Waals surface area contributed by atoms with Crippen LogP contribution in [0.2, 0.25) is 0 Å². The topological polar surface area (TPSA) is 66.6 Å². The Balaban J connectivity index is 1.98. The van der Waals surface area contributed by atoms with Gasteiger partial charge in [-0.25, -0.2) is 0 Å². The van der Waals surface area contributed by atoms with Gasteiger partial charge in [0.05, 0.1) is 11.5 Å². The van der Waals surface area contributed by atoms with Crippen molar-refractivity contribution in [3.63, 3.8) is 0 Å². The van der Waals surface area contributed by atoms with Crippen molar-refractivity contribution in [3.8, 4) is 0 Å². The highest BCUT2D eigenvalue weighted by Gasteiger charge is 2.41. The lowest BCUT2D eigenvalue weighted by atomic mass is 9.78. The number of aliphatic hydroxyl groups excluding tert-OH is 1. The van der Waals surface area contributed by atoms with Crippen LogP contribution in [0.15, 0.2) is 48.5 Å². The van der Waals surface area contributed by atoms with Crippen molar-refractivity contribution in [2.24, 2.45) is 5.41 Å². The summed E-state index contributed by atoms with van der Waals surface area (Å²) in [4.78, 5) is 13.1. The van der Waals surface area contributed by atoms with Crippen molar-refractivity contribution < 1.29 is 10.0 Å². The number of aliphatic hydroxyl groups is 1. The molecule has 0 spiro atoms. The van der Waals surface area contributed by atoms with E-state index in [1.54, 1.807) is 12.1 Å². The Hall–Kier alpha value is -2.40. The lowest BCUT2D eigenvalue weighted by Crippen LogP contribution is -2.24. The molecule has 1 aliphatic rings. The third-order valence-electron chi connectivity index (χ3n) is 4.91. The van der Waals surface area contributed by atoms with E-state index in [9.17, 15) is 15.2 Å². The molecule has 0 saturated carbocycles. The van der Waals surface area contributed by atoms with E-state index in [0.29, 0.717) is 17.2 Å². The molecule has 1 aliphatic heterocycles. The van der Waals surface area contributed by atoms with E-state index in [1.165, 1.54) is 11.6 Å². The molecule has 0 amide bonds. The maximum Gasteiger partial charge on any atom is 0.292 e. The average Bonchev–Trinajstić information content (AvgIpc) is 2.90. The first-order valence-electron chi connectivity index (χ1n) is 8.10. The molecule has 126 valence electrons. The maximum atomic E-state index is 11.4. The molecule has 2 aromatic carbocycles. The average molecular weight is 326 g/mol. The first-order chi connectivity index (χ1) is 11.4. The highest BCUT2D eigenvalue weighted by atomic mass is 16.6. The van der Waals surface area contributed by atoms with Crippen LogP contribution in [0.1, 0.15) is 30.9 Å². The summed E-state index contributed by atoms with van der Waals surface area (Å²) in [7, 11) is 0. The monoisotopic (exact) mass is 326 g/mol. The fourth-order valence-corrected chi connectivity index (χ4v) is 3.63. The summed E-state index contributed by atoms with van der Waals surface area (Å²) < 4.78 is 0. The van der Waals surface area contributed by atoms with Gasteiger partial charge >= 0.3 is 0 Å². The standard InChI is InChI=1S/C19H22N2O3/c1-19(2)13-20(11-16(19)15-6-4-3-5-7-15)18-10-14(12-22)8-9-17(18)21(23)24/h3-10,16,22H,11-13H2,1-2H3. The fourth-order valence-electron chi connectivity index (χ4n) is 3.63. The predicted octanol–water partition coefficient (Wildman–Crippen LogP) is 3.72. The van der Waals surface area contributed by atoms with E-state index in [4.69, 9.17) is 0 Å². The van der Waals surface area contributed by atoms with Crippen LogP contribution < -0.4 is 4.90 Å². The van der Waals surface area contributed by atoms with E-state index in [-0.39, 0.29) is 22.6 Å². The van der Waals surface area contributed by atoms with Crippen molar-refractivity contribution >= 4 is 11.4 Å². The maximum absolute atomic E-state index is 11.4. The fraction of sp³-hybridized carbons (Fsp3) is 0.368. The molecule has 1 heterocycles. The minimum Gasteiger partial charge on any atom is -0.392 e. The van der Waals surface area contributed by atoms with Crippen molar-refractivity contribution in [2.75, 3.05) is 18.0 Å². The van der Waals surface area contributed by atoms with Gasteiger partial charge in [0.1, 0.15) is 5.69 Å². The van der Waals surface area contributed by atoms with Crippen LogP contribution in [-0.2, 0) is 6.61 Å². The number of benzene rings is 2. The summed E-state index contributed by atoms with van der Waals surface area (Å²) in [5.41, 5.74) is 2.64. The van der Waals surface area contributed by atoms with Gasteiger partial charge in [-0.05, 0) is 28.7 Å². The van der Waals surface area contributed by atoms with Gasteiger partial charge in [-0.15, -0.1) is 0 Å². The molecule has 0 aliphatic carbocycles. The smallest absolute Gasteiger partial charge is 0.292 e. The summed E-state index contributed by atoms with van der Waals surface area (Å²) in [5.74, 6) is 0.302. The molecule has 3 rings (SSSR count). The molecule has 2 aromatic rings. The quantitative estimate of drug-likeness (QED) is 0.687. The van der Waals surface area contributed by atoms with Crippen LogP contribution in [0.3, 0.4) is 0 Å². The minimum atomic E-state index is -0.348.